The fourth-order valence-electron chi connectivity index (χ4n) is 1.96. The smallest absolute Gasteiger partial charge is 0.205 e. The predicted molar refractivity (Wildman–Crippen MR) is 58.7 cm³/mol. The molecule has 0 aromatic carbocycles. The van der Waals surface area contributed by atoms with Crippen LogP contribution in [0, 0.1) is 0 Å². The highest BCUT2D eigenvalue weighted by atomic mass is 35.5. The second-order valence-electron chi connectivity index (χ2n) is 3.62. The van der Waals surface area contributed by atoms with E-state index in [4.69, 9.17) is 11.6 Å². The standard InChI is InChI=1S/C11H7ClN2O2/c12-9-4-1-6-5-13-10-7(15)2-3-8(16)11(10)14(6)9/h1-4,13H,5H2. The summed E-state index contributed by atoms with van der Waals surface area (Å²) in [6.07, 6.45) is 2.55. The number of nitrogens with one attached hydrogen (secondary N) is 1. The zero-order chi connectivity index (χ0) is 11.3. The molecule has 2 heterocycles. The van der Waals surface area contributed by atoms with Gasteiger partial charge in [-0.25, -0.2) is 0 Å². The number of hydrogen-bond donors (Lipinski definition) is 1. The Balaban J connectivity index is 2.30. The minimum atomic E-state index is -0.207. The summed E-state index contributed by atoms with van der Waals surface area (Å²) in [4.78, 5) is 23.4. The van der Waals surface area contributed by atoms with Gasteiger partial charge < -0.3 is 5.32 Å². The number of allylic oxidation sites excluding steroid dienone is 3. The quantitative estimate of drug-likeness (QED) is 0.685. The molecule has 1 aliphatic heterocycles. The summed E-state index contributed by atoms with van der Waals surface area (Å²) in [7, 11) is 0. The average Bonchev–Trinajstić information content (AvgIpc) is 2.66. The summed E-state index contributed by atoms with van der Waals surface area (Å²) < 4.78 is 1.62. The van der Waals surface area contributed by atoms with Gasteiger partial charge in [-0.15, -0.1) is 0 Å². The molecule has 0 saturated carbocycles. The molecule has 0 unspecified atom stereocenters. The minimum absolute atomic E-state index is 0.190. The fraction of sp³-hybridized carbons (Fsp3) is 0.0909. The number of fused-ring (bicyclic) bond motifs is 2. The van der Waals surface area contributed by atoms with Gasteiger partial charge in [0.15, 0.2) is 0 Å². The predicted octanol–water partition coefficient (Wildman–Crippen LogP) is 1.12. The molecule has 0 bridgehead atoms. The first-order valence-corrected chi connectivity index (χ1v) is 5.17. The van der Waals surface area contributed by atoms with E-state index in [9.17, 15) is 9.59 Å². The minimum Gasteiger partial charge on any atom is -0.374 e. The maximum absolute atomic E-state index is 11.8. The van der Waals surface area contributed by atoms with Crippen molar-refractivity contribution in [2.24, 2.45) is 0 Å². The molecular formula is C11H7ClN2O2. The van der Waals surface area contributed by atoms with Crippen LogP contribution in [-0.4, -0.2) is 16.1 Å². The summed E-state index contributed by atoms with van der Waals surface area (Å²) in [5, 5.41) is 3.39. The second-order valence-corrected chi connectivity index (χ2v) is 4.01. The average molecular weight is 235 g/mol. The van der Waals surface area contributed by atoms with Gasteiger partial charge in [0, 0.05) is 5.69 Å². The molecule has 1 N–H and O–H groups in total. The summed E-state index contributed by atoms with van der Waals surface area (Å²) in [6, 6.07) is 3.54. The van der Waals surface area contributed by atoms with E-state index < -0.39 is 0 Å². The third-order valence-corrected chi connectivity index (χ3v) is 2.98. The molecule has 1 aromatic rings. The molecule has 0 fully saturated rings. The zero-order valence-electron chi connectivity index (χ0n) is 8.16. The zero-order valence-corrected chi connectivity index (χ0v) is 8.91. The molecular weight excluding hydrogens is 228 g/mol. The van der Waals surface area contributed by atoms with E-state index in [0.29, 0.717) is 23.1 Å². The van der Waals surface area contributed by atoms with Crippen molar-refractivity contribution in [3.63, 3.8) is 0 Å². The number of hydrogen-bond acceptors (Lipinski definition) is 3. The molecule has 5 heteroatoms. The van der Waals surface area contributed by atoms with Gasteiger partial charge in [0.2, 0.25) is 11.6 Å². The SMILES string of the molecule is O=C1C=CC(=O)C2=C1NCc1ccc(Cl)n12. The summed E-state index contributed by atoms with van der Waals surface area (Å²) >= 11 is 6.00. The van der Waals surface area contributed by atoms with Crippen molar-refractivity contribution in [2.75, 3.05) is 0 Å². The van der Waals surface area contributed by atoms with Gasteiger partial charge in [-0.3, -0.25) is 14.2 Å². The van der Waals surface area contributed by atoms with Gasteiger partial charge in [0.1, 0.15) is 16.5 Å². The summed E-state index contributed by atoms with van der Waals surface area (Å²) in [5.41, 5.74) is 1.53. The van der Waals surface area contributed by atoms with Crippen LogP contribution in [0.2, 0.25) is 5.15 Å². The molecule has 80 valence electrons. The molecule has 1 aliphatic carbocycles. The van der Waals surface area contributed by atoms with Crippen molar-refractivity contribution in [3.8, 4) is 0 Å². The molecule has 2 aliphatic rings. The molecule has 4 nitrogen and oxygen atoms in total. The number of carbonyl (C=O) groups excluding carboxylic acids is 2. The number of rotatable bonds is 0. The van der Waals surface area contributed by atoms with E-state index in [1.54, 1.807) is 10.6 Å². The molecule has 0 spiro atoms. The first-order chi connectivity index (χ1) is 7.68. The monoisotopic (exact) mass is 234 g/mol. The Morgan fingerprint density at radius 3 is 2.75 bits per heavy atom. The normalized spacial score (nSPS) is 18.3. The molecule has 0 radical (unpaired) electrons. The highest BCUT2D eigenvalue weighted by Gasteiger charge is 2.29. The van der Waals surface area contributed by atoms with Crippen molar-refractivity contribution in [2.45, 2.75) is 6.54 Å². The Hall–Kier alpha value is -1.81. The lowest BCUT2D eigenvalue weighted by molar-refractivity contribution is -0.114. The molecule has 16 heavy (non-hydrogen) atoms. The lowest BCUT2D eigenvalue weighted by Gasteiger charge is -2.24. The highest BCUT2D eigenvalue weighted by molar-refractivity contribution is 6.35. The van der Waals surface area contributed by atoms with Gasteiger partial charge in [-0.1, -0.05) is 11.6 Å². The maximum atomic E-state index is 11.8. The molecule has 0 saturated heterocycles. The van der Waals surface area contributed by atoms with E-state index in [1.165, 1.54) is 12.2 Å². The van der Waals surface area contributed by atoms with Crippen LogP contribution in [0.3, 0.4) is 0 Å². The first kappa shape index (κ1) is 9.42. The Kier molecular flexibility index (Phi) is 1.82. The van der Waals surface area contributed by atoms with Gasteiger partial charge in [0.25, 0.3) is 0 Å². The van der Waals surface area contributed by atoms with E-state index >= 15 is 0 Å². The number of ketones is 2. The highest BCUT2D eigenvalue weighted by Crippen LogP contribution is 2.28. The van der Waals surface area contributed by atoms with Crippen LogP contribution in [-0.2, 0) is 16.1 Å². The summed E-state index contributed by atoms with van der Waals surface area (Å²) in [6.45, 7) is 0.498. The Morgan fingerprint density at radius 2 is 1.94 bits per heavy atom. The lowest BCUT2D eigenvalue weighted by Crippen LogP contribution is -2.33. The van der Waals surface area contributed by atoms with Crippen LogP contribution in [0.1, 0.15) is 5.69 Å². The number of halogens is 1. The van der Waals surface area contributed by atoms with Crippen LogP contribution in [0.4, 0.5) is 0 Å². The van der Waals surface area contributed by atoms with Crippen molar-refractivity contribution < 1.29 is 9.59 Å². The Labute approximate surface area is 96.2 Å². The molecule has 3 rings (SSSR count). The first-order valence-electron chi connectivity index (χ1n) is 4.80. The van der Waals surface area contributed by atoms with Gasteiger partial charge in [-0.05, 0) is 24.3 Å². The van der Waals surface area contributed by atoms with E-state index in [2.05, 4.69) is 5.32 Å². The van der Waals surface area contributed by atoms with E-state index in [-0.39, 0.29) is 11.6 Å². The van der Waals surface area contributed by atoms with E-state index in [0.717, 1.165) is 5.69 Å². The molecule has 0 amide bonds. The number of aromatic nitrogens is 1. The topological polar surface area (TPSA) is 51.1 Å². The van der Waals surface area contributed by atoms with Crippen LogP contribution in [0.15, 0.2) is 30.0 Å². The lowest BCUT2D eigenvalue weighted by atomic mass is 10.0. The van der Waals surface area contributed by atoms with Crippen molar-refractivity contribution >= 4 is 28.9 Å². The van der Waals surface area contributed by atoms with Gasteiger partial charge in [0.05, 0.1) is 6.54 Å². The third-order valence-electron chi connectivity index (χ3n) is 2.69. The number of carbonyl (C=O) groups is 2. The fourth-order valence-corrected chi connectivity index (χ4v) is 2.22. The van der Waals surface area contributed by atoms with Gasteiger partial charge in [-0.2, -0.15) is 0 Å². The number of nitrogens with zero attached hydrogens (tertiary/aromatic N) is 1. The Morgan fingerprint density at radius 1 is 1.19 bits per heavy atom. The third kappa shape index (κ3) is 1.10. The van der Waals surface area contributed by atoms with Crippen molar-refractivity contribution in [3.05, 3.63) is 40.8 Å². The van der Waals surface area contributed by atoms with Crippen LogP contribution < -0.4 is 5.32 Å². The van der Waals surface area contributed by atoms with Crippen LogP contribution in [0.25, 0.3) is 5.70 Å². The van der Waals surface area contributed by atoms with Crippen molar-refractivity contribution in [1.29, 1.82) is 0 Å². The second kappa shape index (κ2) is 3.09. The van der Waals surface area contributed by atoms with Crippen molar-refractivity contribution in [1.82, 2.24) is 9.88 Å². The molecule has 0 atom stereocenters. The maximum Gasteiger partial charge on any atom is 0.205 e. The van der Waals surface area contributed by atoms with Crippen LogP contribution >= 0.6 is 11.6 Å². The molecule has 1 aromatic heterocycles. The summed E-state index contributed by atoms with van der Waals surface area (Å²) in [5.74, 6) is -0.397. The van der Waals surface area contributed by atoms with Crippen LogP contribution in [0.5, 0.6) is 0 Å². The van der Waals surface area contributed by atoms with E-state index in [1.807, 2.05) is 6.07 Å². The largest absolute Gasteiger partial charge is 0.374 e. The Bertz CT molecular complexity index is 581. The van der Waals surface area contributed by atoms with Gasteiger partial charge >= 0.3 is 0 Å².